The van der Waals surface area contributed by atoms with E-state index in [4.69, 9.17) is 10.3 Å². The van der Waals surface area contributed by atoms with Crippen LogP contribution < -0.4 is 5.73 Å². The second kappa shape index (κ2) is 6.02. The number of rotatable bonds is 5. The Kier molecular flexibility index (Phi) is 4.28. The lowest BCUT2D eigenvalue weighted by atomic mass is 9.67. The maximum Gasteiger partial charge on any atom is 0.227 e. The summed E-state index contributed by atoms with van der Waals surface area (Å²) in [6.07, 6.45) is 5.36. The van der Waals surface area contributed by atoms with E-state index in [0.29, 0.717) is 6.04 Å². The lowest BCUT2D eigenvalue weighted by molar-refractivity contribution is 0.113. The first-order valence-corrected chi connectivity index (χ1v) is 8.00. The van der Waals surface area contributed by atoms with Gasteiger partial charge in [0.2, 0.25) is 5.89 Å². The first-order chi connectivity index (χ1) is 10.1. The zero-order valence-electron chi connectivity index (χ0n) is 13.2. The largest absolute Gasteiger partial charge is 0.339 e. The third kappa shape index (κ3) is 3.27. The number of nitrogens with two attached hydrogens (primary N) is 1. The van der Waals surface area contributed by atoms with Crippen molar-refractivity contribution < 1.29 is 4.52 Å². The second-order valence-electron chi connectivity index (χ2n) is 6.94. The Hall–Kier alpha value is -0.980. The third-order valence-corrected chi connectivity index (χ3v) is 5.28. The van der Waals surface area contributed by atoms with Crippen molar-refractivity contribution in [2.75, 3.05) is 40.3 Å². The standard InChI is InChI=1S/C15H27N5O/c1-19-6-7-20(2)12(10-19)8-13-17-14(21-18-13)9-15(11-16)4-3-5-15/h12H,3-11,16H2,1-2H3. The van der Waals surface area contributed by atoms with Crippen molar-refractivity contribution in [3.63, 3.8) is 0 Å². The van der Waals surface area contributed by atoms with Crippen LogP contribution in [-0.4, -0.2) is 66.3 Å². The van der Waals surface area contributed by atoms with Gasteiger partial charge < -0.3 is 20.1 Å². The molecule has 2 N–H and O–H groups in total. The lowest BCUT2D eigenvalue weighted by Gasteiger charge is -2.39. The summed E-state index contributed by atoms with van der Waals surface area (Å²) in [7, 11) is 4.35. The normalized spacial score (nSPS) is 26.7. The highest BCUT2D eigenvalue weighted by atomic mass is 16.5. The minimum Gasteiger partial charge on any atom is -0.339 e. The number of hydrogen-bond donors (Lipinski definition) is 1. The predicted molar refractivity (Wildman–Crippen MR) is 81.0 cm³/mol. The molecule has 2 aliphatic rings. The van der Waals surface area contributed by atoms with Gasteiger partial charge in [-0.2, -0.15) is 4.98 Å². The van der Waals surface area contributed by atoms with Crippen LogP contribution in [0.4, 0.5) is 0 Å². The van der Waals surface area contributed by atoms with Gasteiger partial charge >= 0.3 is 0 Å². The van der Waals surface area contributed by atoms with Crippen LogP contribution in [0.3, 0.4) is 0 Å². The fraction of sp³-hybridized carbons (Fsp3) is 0.867. The Bertz CT molecular complexity index is 465. The summed E-state index contributed by atoms with van der Waals surface area (Å²) in [4.78, 5) is 9.36. The van der Waals surface area contributed by atoms with Crippen molar-refractivity contribution in [1.82, 2.24) is 19.9 Å². The minimum atomic E-state index is 0.228. The average molecular weight is 293 g/mol. The highest BCUT2D eigenvalue weighted by Gasteiger charge is 2.37. The predicted octanol–water partition coefficient (Wildman–Crippen LogP) is 0.529. The zero-order valence-corrected chi connectivity index (χ0v) is 13.2. The van der Waals surface area contributed by atoms with E-state index in [9.17, 15) is 0 Å². The van der Waals surface area contributed by atoms with Gasteiger partial charge in [0.1, 0.15) is 0 Å². The van der Waals surface area contributed by atoms with Crippen LogP contribution >= 0.6 is 0 Å². The fourth-order valence-electron chi connectivity index (χ4n) is 3.43. The number of likely N-dealkylation sites (N-methyl/N-ethyl adjacent to an activating group) is 2. The van der Waals surface area contributed by atoms with Crippen molar-refractivity contribution in [2.24, 2.45) is 11.1 Å². The number of nitrogens with zero attached hydrogens (tertiary/aromatic N) is 4. The molecule has 0 spiro atoms. The monoisotopic (exact) mass is 293 g/mol. The summed E-state index contributed by atoms with van der Waals surface area (Å²) in [5.41, 5.74) is 6.13. The molecule has 2 heterocycles. The van der Waals surface area contributed by atoms with Gasteiger partial charge in [0.05, 0.1) is 0 Å². The van der Waals surface area contributed by atoms with Crippen molar-refractivity contribution in [3.05, 3.63) is 11.7 Å². The Morgan fingerprint density at radius 3 is 2.81 bits per heavy atom. The second-order valence-corrected chi connectivity index (χ2v) is 6.94. The highest BCUT2D eigenvalue weighted by molar-refractivity contribution is 4.99. The van der Waals surface area contributed by atoms with Crippen molar-refractivity contribution in [2.45, 2.75) is 38.1 Å². The van der Waals surface area contributed by atoms with Crippen LogP contribution in [-0.2, 0) is 12.8 Å². The molecule has 6 heteroatoms. The van der Waals surface area contributed by atoms with E-state index in [2.05, 4.69) is 34.0 Å². The highest BCUT2D eigenvalue weighted by Crippen LogP contribution is 2.42. The van der Waals surface area contributed by atoms with Gasteiger partial charge in [0.25, 0.3) is 0 Å². The van der Waals surface area contributed by atoms with E-state index < -0.39 is 0 Å². The van der Waals surface area contributed by atoms with Crippen LogP contribution in [0.15, 0.2) is 4.52 Å². The van der Waals surface area contributed by atoms with Crippen LogP contribution in [0.5, 0.6) is 0 Å². The van der Waals surface area contributed by atoms with Crippen molar-refractivity contribution in [1.29, 1.82) is 0 Å². The Morgan fingerprint density at radius 2 is 2.14 bits per heavy atom. The molecule has 1 atom stereocenters. The molecular weight excluding hydrogens is 266 g/mol. The molecule has 3 rings (SSSR count). The summed E-state index contributed by atoms with van der Waals surface area (Å²) in [6.45, 7) is 4.01. The first kappa shape index (κ1) is 14.9. The van der Waals surface area contributed by atoms with E-state index in [1.807, 2.05) is 0 Å². The van der Waals surface area contributed by atoms with Crippen molar-refractivity contribution in [3.8, 4) is 0 Å². The SMILES string of the molecule is CN1CCN(C)C(Cc2noc(CC3(CN)CCC3)n2)C1. The van der Waals surface area contributed by atoms with Crippen molar-refractivity contribution >= 4 is 0 Å². The molecule has 1 unspecified atom stereocenters. The molecule has 1 aliphatic carbocycles. The van der Waals surface area contributed by atoms with E-state index >= 15 is 0 Å². The number of hydrogen-bond acceptors (Lipinski definition) is 6. The van der Waals surface area contributed by atoms with E-state index in [-0.39, 0.29) is 5.41 Å². The summed E-state index contributed by atoms with van der Waals surface area (Å²) in [5, 5.41) is 4.17. The van der Waals surface area contributed by atoms with Crippen LogP contribution in [0, 0.1) is 5.41 Å². The molecule has 0 aromatic carbocycles. The maximum atomic E-state index is 5.90. The number of aromatic nitrogens is 2. The fourth-order valence-corrected chi connectivity index (χ4v) is 3.43. The van der Waals surface area contributed by atoms with Gasteiger partial charge in [-0.3, -0.25) is 0 Å². The van der Waals surface area contributed by atoms with Crippen LogP contribution in [0.1, 0.15) is 31.0 Å². The Balaban J connectivity index is 1.59. The topological polar surface area (TPSA) is 71.4 Å². The molecule has 1 aliphatic heterocycles. The molecular formula is C15H27N5O. The van der Waals surface area contributed by atoms with E-state index in [1.54, 1.807) is 0 Å². The first-order valence-electron chi connectivity index (χ1n) is 8.00. The summed E-state index contributed by atoms with van der Waals surface area (Å²) < 4.78 is 5.45. The average Bonchev–Trinajstić information content (AvgIpc) is 2.85. The zero-order chi connectivity index (χ0) is 14.9. The van der Waals surface area contributed by atoms with E-state index in [1.165, 1.54) is 19.3 Å². The summed E-state index contributed by atoms with van der Waals surface area (Å²) in [6, 6.07) is 0.473. The molecule has 1 saturated carbocycles. The molecule has 1 aromatic rings. The quantitative estimate of drug-likeness (QED) is 0.854. The summed E-state index contributed by atoms with van der Waals surface area (Å²) in [5.74, 6) is 1.60. The maximum absolute atomic E-state index is 5.90. The molecule has 0 bridgehead atoms. The smallest absolute Gasteiger partial charge is 0.227 e. The van der Waals surface area contributed by atoms with Crippen LogP contribution in [0.25, 0.3) is 0 Å². The van der Waals surface area contributed by atoms with Gasteiger partial charge in [-0.15, -0.1) is 0 Å². The molecule has 118 valence electrons. The molecule has 21 heavy (non-hydrogen) atoms. The molecule has 6 nitrogen and oxygen atoms in total. The van der Waals surface area contributed by atoms with Crippen LogP contribution in [0.2, 0.25) is 0 Å². The number of piperazine rings is 1. The van der Waals surface area contributed by atoms with Gasteiger partial charge in [-0.25, -0.2) is 0 Å². The van der Waals surface area contributed by atoms with Gasteiger partial charge in [-0.1, -0.05) is 11.6 Å². The van der Waals surface area contributed by atoms with Gasteiger partial charge in [0, 0.05) is 38.5 Å². The molecule has 0 radical (unpaired) electrons. The molecule has 1 saturated heterocycles. The molecule has 1 aromatic heterocycles. The Labute approximate surface area is 126 Å². The summed E-state index contributed by atoms with van der Waals surface area (Å²) >= 11 is 0. The van der Waals surface area contributed by atoms with Gasteiger partial charge in [0.15, 0.2) is 5.82 Å². The molecule has 0 amide bonds. The van der Waals surface area contributed by atoms with E-state index in [0.717, 1.165) is 50.7 Å². The lowest BCUT2D eigenvalue weighted by Crippen LogP contribution is -2.50. The minimum absolute atomic E-state index is 0.228. The third-order valence-electron chi connectivity index (χ3n) is 5.28. The van der Waals surface area contributed by atoms with Gasteiger partial charge in [-0.05, 0) is 38.9 Å². The molecule has 2 fully saturated rings. The Morgan fingerprint density at radius 1 is 1.33 bits per heavy atom.